The highest BCUT2D eigenvalue weighted by atomic mass is 16.3. The summed E-state index contributed by atoms with van der Waals surface area (Å²) in [5.41, 5.74) is 8.88. The fourth-order valence-corrected chi connectivity index (χ4v) is 2.63. The summed E-state index contributed by atoms with van der Waals surface area (Å²) in [7, 11) is 0. The van der Waals surface area contributed by atoms with Crippen LogP contribution in [0.25, 0.3) is 11.2 Å². The molecule has 0 aliphatic heterocycles. The van der Waals surface area contributed by atoms with Gasteiger partial charge < -0.3 is 5.73 Å². The summed E-state index contributed by atoms with van der Waals surface area (Å²) in [6, 6.07) is 1.71. The van der Waals surface area contributed by atoms with Crippen LogP contribution < -0.4 is 11.3 Å². The van der Waals surface area contributed by atoms with Gasteiger partial charge in [0.1, 0.15) is 0 Å². The fraction of sp³-hybridized carbons (Fsp3) is 0.375. The van der Waals surface area contributed by atoms with Gasteiger partial charge in [-0.05, 0) is 36.6 Å². The summed E-state index contributed by atoms with van der Waals surface area (Å²) in [4.78, 5) is 28.0. The van der Waals surface area contributed by atoms with E-state index in [9.17, 15) is 9.70 Å². The third kappa shape index (κ3) is 2.64. The van der Waals surface area contributed by atoms with Crippen molar-refractivity contribution >= 4 is 16.9 Å². The highest BCUT2D eigenvalue weighted by molar-refractivity contribution is 5.83. The van der Waals surface area contributed by atoms with E-state index in [2.05, 4.69) is 10.2 Å². The molecular formula is C16H20N4O2. The van der Waals surface area contributed by atoms with E-state index in [1.165, 1.54) is 10.6 Å². The van der Waals surface area contributed by atoms with Gasteiger partial charge >= 0.3 is 0 Å². The molecule has 0 bridgehead atoms. The van der Waals surface area contributed by atoms with Crippen LogP contribution in [0.4, 0.5) is 5.69 Å². The van der Waals surface area contributed by atoms with Gasteiger partial charge in [-0.2, -0.15) is 0 Å². The summed E-state index contributed by atoms with van der Waals surface area (Å²) in [6.45, 7) is 5.73. The Morgan fingerprint density at radius 3 is 2.68 bits per heavy atom. The summed E-state index contributed by atoms with van der Waals surface area (Å²) in [5.74, 6) is 0. The molecule has 2 aromatic heterocycles. The van der Waals surface area contributed by atoms with Crippen LogP contribution in [0.5, 0.6) is 0 Å². The average Bonchev–Trinajstić information content (AvgIpc) is 2.50. The van der Waals surface area contributed by atoms with Crippen LogP contribution >= 0.6 is 0 Å². The maximum absolute atomic E-state index is 12.4. The maximum atomic E-state index is 12.4. The highest BCUT2D eigenvalue weighted by Gasteiger charge is 2.16. The number of nitrogens with zero attached hydrogens (tertiary/aromatic N) is 3. The minimum atomic E-state index is -0.158. The lowest BCUT2D eigenvalue weighted by Crippen LogP contribution is -2.19. The number of rotatable bonds is 5. The first-order valence-electron chi connectivity index (χ1n) is 7.37. The minimum absolute atomic E-state index is 0.157. The molecule has 0 fully saturated rings. The van der Waals surface area contributed by atoms with E-state index < -0.39 is 0 Å². The topological polar surface area (TPSA) is 89.8 Å². The normalized spacial score (nSPS) is 12.3. The first kappa shape index (κ1) is 15.9. The molecule has 0 radical (unpaired) electrons. The standard InChI is InChI=1S/C16H20N4O2/c1-4-6-11-9-18-15-14(19-22)13(12(5-2)10(3)17)7-8-20(15)16(11)21/h7-9H,4-6,17H2,1-3H3/b12-10+. The summed E-state index contributed by atoms with van der Waals surface area (Å²) >= 11 is 0. The first-order chi connectivity index (χ1) is 10.5. The van der Waals surface area contributed by atoms with E-state index in [0.29, 0.717) is 29.7 Å². The van der Waals surface area contributed by atoms with Crippen molar-refractivity contribution < 1.29 is 0 Å². The van der Waals surface area contributed by atoms with Crippen LogP contribution in [0.3, 0.4) is 0 Å². The zero-order chi connectivity index (χ0) is 16.3. The molecule has 0 aromatic carbocycles. The monoisotopic (exact) mass is 300 g/mol. The Kier molecular flexibility index (Phi) is 4.70. The molecule has 2 aromatic rings. The predicted molar refractivity (Wildman–Crippen MR) is 88.0 cm³/mol. The molecule has 6 nitrogen and oxygen atoms in total. The lowest BCUT2D eigenvalue weighted by atomic mass is 10.0. The molecule has 22 heavy (non-hydrogen) atoms. The van der Waals surface area contributed by atoms with Crippen molar-refractivity contribution in [1.82, 2.24) is 9.38 Å². The maximum Gasteiger partial charge on any atom is 0.261 e. The highest BCUT2D eigenvalue weighted by Crippen LogP contribution is 2.32. The second kappa shape index (κ2) is 6.51. The van der Waals surface area contributed by atoms with Crippen LogP contribution in [-0.4, -0.2) is 9.38 Å². The van der Waals surface area contributed by atoms with Gasteiger partial charge in [0.2, 0.25) is 0 Å². The quantitative estimate of drug-likeness (QED) is 0.859. The Morgan fingerprint density at radius 2 is 2.14 bits per heavy atom. The molecule has 0 aliphatic carbocycles. The van der Waals surface area contributed by atoms with E-state index >= 15 is 0 Å². The number of fused-ring (bicyclic) bond motifs is 1. The van der Waals surface area contributed by atoms with Crippen molar-refractivity contribution in [1.29, 1.82) is 0 Å². The smallest absolute Gasteiger partial charge is 0.261 e. The second-order valence-electron chi connectivity index (χ2n) is 5.22. The molecule has 6 heteroatoms. The number of hydrogen-bond donors (Lipinski definition) is 1. The van der Waals surface area contributed by atoms with Gasteiger partial charge in [-0.15, -0.1) is 4.91 Å². The molecule has 2 rings (SSSR count). The van der Waals surface area contributed by atoms with E-state index in [-0.39, 0.29) is 16.9 Å². The first-order valence-corrected chi connectivity index (χ1v) is 7.37. The Hall–Kier alpha value is -2.50. The third-order valence-corrected chi connectivity index (χ3v) is 3.69. The Balaban J connectivity index is 2.81. The molecule has 0 saturated carbocycles. The lowest BCUT2D eigenvalue weighted by molar-refractivity contribution is 0.874. The summed E-state index contributed by atoms with van der Waals surface area (Å²) < 4.78 is 1.38. The SMILES string of the molecule is CCCc1cnc2c(N=O)c(/C(CC)=C(\C)N)ccn2c1=O. The van der Waals surface area contributed by atoms with Crippen LogP contribution in [-0.2, 0) is 6.42 Å². The average molecular weight is 300 g/mol. The minimum Gasteiger partial charge on any atom is -0.402 e. The van der Waals surface area contributed by atoms with E-state index in [1.807, 2.05) is 13.8 Å². The third-order valence-electron chi connectivity index (χ3n) is 3.69. The number of aromatic nitrogens is 2. The number of hydrogen-bond acceptors (Lipinski definition) is 5. The van der Waals surface area contributed by atoms with Crippen molar-refractivity contribution in [3.63, 3.8) is 0 Å². The van der Waals surface area contributed by atoms with E-state index in [0.717, 1.165) is 12.0 Å². The zero-order valence-electron chi connectivity index (χ0n) is 13.1. The van der Waals surface area contributed by atoms with Gasteiger partial charge in [0, 0.05) is 29.2 Å². The van der Waals surface area contributed by atoms with Crippen LogP contribution in [0, 0.1) is 4.91 Å². The Labute approximate surface area is 128 Å². The van der Waals surface area contributed by atoms with Gasteiger partial charge in [0.25, 0.3) is 5.56 Å². The molecule has 0 amide bonds. The molecule has 116 valence electrons. The number of allylic oxidation sites excluding steroid dienone is 2. The number of nitrogens with two attached hydrogens (primary N) is 1. The molecule has 2 heterocycles. The zero-order valence-corrected chi connectivity index (χ0v) is 13.1. The largest absolute Gasteiger partial charge is 0.402 e. The fourth-order valence-electron chi connectivity index (χ4n) is 2.63. The number of aryl methyl sites for hydroxylation is 1. The molecular weight excluding hydrogens is 280 g/mol. The van der Waals surface area contributed by atoms with Crippen molar-refractivity contribution in [3.05, 3.63) is 50.5 Å². The van der Waals surface area contributed by atoms with Crippen LogP contribution in [0.15, 0.2) is 34.1 Å². The Bertz CT molecular complexity index is 802. The van der Waals surface area contributed by atoms with Gasteiger partial charge in [0.15, 0.2) is 11.3 Å². The van der Waals surface area contributed by atoms with E-state index in [4.69, 9.17) is 5.73 Å². The lowest BCUT2D eigenvalue weighted by Gasteiger charge is -2.12. The van der Waals surface area contributed by atoms with Gasteiger partial charge in [0.05, 0.1) is 0 Å². The number of pyridine rings is 1. The van der Waals surface area contributed by atoms with Crippen LogP contribution in [0.1, 0.15) is 44.7 Å². The van der Waals surface area contributed by atoms with Gasteiger partial charge in [-0.25, -0.2) is 4.98 Å². The summed E-state index contributed by atoms with van der Waals surface area (Å²) in [5, 5.41) is 3.10. The van der Waals surface area contributed by atoms with Crippen LogP contribution in [0.2, 0.25) is 0 Å². The van der Waals surface area contributed by atoms with E-state index in [1.54, 1.807) is 19.2 Å². The molecule has 0 spiro atoms. The summed E-state index contributed by atoms with van der Waals surface area (Å²) in [6.07, 6.45) is 5.34. The van der Waals surface area contributed by atoms with Crippen molar-refractivity contribution in [2.45, 2.75) is 40.0 Å². The Morgan fingerprint density at radius 1 is 1.41 bits per heavy atom. The molecule has 0 saturated heterocycles. The molecule has 0 unspecified atom stereocenters. The second-order valence-corrected chi connectivity index (χ2v) is 5.22. The van der Waals surface area contributed by atoms with Crippen molar-refractivity contribution in [3.8, 4) is 0 Å². The number of nitroso groups, excluding NO2 is 1. The molecule has 0 atom stereocenters. The van der Waals surface area contributed by atoms with Gasteiger partial charge in [-0.3, -0.25) is 9.20 Å². The van der Waals surface area contributed by atoms with Gasteiger partial charge in [-0.1, -0.05) is 20.3 Å². The molecule has 2 N–H and O–H groups in total. The van der Waals surface area contributed by atoms with Crippen molar-refractivity contribution in [2.24, 2.45) is 10.9 Å². The molecule has 0 aliphatic rings. The van der Waals surface area contributed by atoms with Crippen molar-refractivity contribution in [2.75, 3.05) is 0 Å². The predicted octanol–water partition coefficient (Wildman–Crippen LogP) is 3.14.